The van der Waals surface area contributed by atoms with E-state index < -0.39 is 17.5 Å². The molecule has 1 aliphatic heterocycles. The maximum absolute atomic E-state index is 11.9. The number of carbonyl (C=O) groups is 2. The van der Waals surface area contributed by atoms with E-state index in [1.54, 1.807) is 6.07 Å². The number of esters is 1. The lowest BCUT2D eigenvalue weighted by molar-refractivity contribution is -0.127. The monoisotopic (exact) mass is 281 g/mol. The first kappa shape index (κ1) is 13.1. The lowest BCUT2D eigenvalue weighted by Crippen LogP contribution is -2.32. The van der Waals surface area contributed by atoms with Crippen LogP contribution in [0.15, 0.2) is 48.5 Å². The second-order valence-electron chi connectivity index (χ2n) is 4.53. The number of hydrogen-bond acceptors (Lipinski definition) is 5. The van der Waals surface area contributed by atoms with Crippen LogP contribution in [-0.4, -0.2) is 17.5 Å². The van der Waals surface area contributed by atoms with Crippen molar-refractivity contribution in [2.75, 3.05) is 0 Å². The number of ether oxygens (including phenoxy) is 2. The summed E-state index contributed by atoms with van der Waals surface area (Å²) in [5, 5.41) is 7.37. The number of hydrogen-bond donors (Lipinski definition) is 1. The van der Waals surface area contributed by atoms with Crippen molar-refractivity contribution >= 4 is 17.5 Å². The van der Waals surface area contributed by atoms with Gasteiger partial charge in [-0.2, -0.15) is 0 Å². The number of nitrogens with one attached hydrogen (secondary N) is 1. The fourth-order valence-corrected chi connectivity index (χ4v) is 1.98. The predicted molar refractivity (Wildman–Crippen MR) is 74.9 cm³/mol. The summed E-state index contributed by atoms with van der Waals surface area (Å²) < 4.78 is 10.5. The summed E-state index contributed by atoms with van der Waals surface area (Å²) in [6.45, 7) is 0.366. The SMILES string of the molecule is N=C1C(=O)Oc2ccc(OCc3ccccc3)cc2C1=O. The molecule has 1 aliphatic rings. The molecule has 2 aromatic rings. The van der Waals surface area contributed by atoms with Gasteiger partial charge in [0, 0.05) is 0 Å². The number of benzene rings is 2. The van der Waals surface area contributed by atoms with Crippen molar-refractivity contribution in [3.05, 3.63) is 59.7 Å². The summed E-state index contributed by atoms with van der Waals surface area (Å²) in [6, 6.07) is 14.2. The lowest BCUT2D eigenvalue weighted by atomic mass is 10.0. The number of Topliss-reactive ketones (excluding diaryl/α,β-unsaturated/α-hetero) is 1. The Bertz CT molecular complexity index is 737. The summed E-state index contributed by atoms with van der Waals surface area (Å²) in [5.74, 6) is -0.929. The Morgan fingerprint density at radius 3 is 2.57 bits per heavy atom. The largest absolute Gasteiger partial charge is 0.489 e. The van der Waals surface area contributed by atoms with E-state index >= 15 is 0 Å². The van der Waals surface area contributed by atoms with Crippen LogP contribution in [0.4, 0.5) is 0 Å². The van der Waals surface area contributed by atoms with E-state index in [4.69, 9.17) is 14.9 Å². The highest BCUT2D eigenvalue weighted by Gasteiger charge is 2.31. The Morgan fingerprint density at radius 1 is 1.05 bits per heavy atom. The molecule has 21 heavy (non-hydrogen) atoms. The van der Waals surface area contributed by atoms with E-state index in [9.17, 15) is 9.59 Å². The molecule has 5 nitrogen and oxygen atoms in total. The molecule has 5 heteroatoms. The predicted octanol–water partition coefficient (Wildman–Crippen LogP) is 2.39. The van der Waals surface area contributed by atoms with Crippen molar-refractivity contribution < 1.29 is 19.1 Å². The van der Waals surface area contributed by atoms with Crippen molar-refractivity contribution in [3.8, 4) is 11.5 Å². The van der Waals surface area contributed by atoms with Crippen LogP contribution in [0.1, 0.15) is 15.9 Å². The van der Waals surface area contributed by atoms with E-state index in [1.807, 2.05) is 30.3 Å². The third-order valence-electron chi connectivity index (χ3n) is 3.08. The van der Waals surface area contributed by atoms with E-state index in [-0.39, 0.29) is 11.3 Å². The zero-order valence-electron chi connectivity index (χ0n) is 11.0. The van der Waals surface area contributed by atoms with Crippen LogP contribution >= 0.6 is 0 Å². The minimum atomic E-state index is -0.926. The highest BCUT2D eigenvalue weighted by atomic mass is 16.5. The van der Waals surface area contributed by atoms with Crippen molar-refractivity contribution in [1.82, 2.24) is 0 Å². The van der Waals surface area contributed by atoms with Crippen LogP contribution in [0.2, 0.25) is 0 Å². The van der Waals surface area contributed by atoms with Crippen molar-refractivity contribution in [1.29, 1.82) is 5.41 Å². The van der Waals surface area contributed by atoms with Crippen LogP contribution in [0, 0.1) is 5.41 Å². The van der Waals surface area contributed by atoms with E-state index in [0.29, 0.717) is 12.4 Å². The van der Waals surface area contributed by atoms with E-state index in [2.05, 4.69) is 0 Å². The van der Waals surface area contributed by atoms with Crippen LogP contribution in [-0.2, 0) is 11.4 Å². The number of rotatable bonds is 3. The first-order chi connectivity index (χ1) is 10.1. The van der Waals surface area contributed by atoms with Gasteiger partial charge >= 0.3 is 5.97 Å². The molecular formula is C16H11NO4. The quantitative estimate of drug-likeness (QED) is 0.692. The lowest BCUT2D eigenvalue weighted by Gasteiger charge is -2.16. The van der Waals surface area contributed by atoms with Crippen LogP contribution in [0.25, 0.3) is 0 Å². The molecule has 0 fully saturated rings. The summed E-state index contributed by atoms with van der Waals surface area (Å²) in [6.07, 6.45) is 0. The van der Waals surface area contributed by atoms with Crippen LogP contribution in [0.3, 0.4) is 0 Å². The van der Waals surface area contributed by atoms with Gasteiger partial charge in [-0.1, -0.05) is 30.3 Å². The molecule has 1 heterocycles. The molecule has 0 bridgehead atoms. The van der Waals surface area contributed by atoms with Crippen LogP contribution < -0.4 is 9.47 Å². The molecule has 0 unspecified atom stereocenters. The smallest absolute Gasteiger partial charge is 0.365 e. The molecule has 0 saturated heterocycles. The minimum Gasteiger partial charge on any atom is -0.489 e. The molecule has 0 amide bonds. The fraction of sp³-hybridized carbons (Fsp3) is 0.0625. The molecule has 0 aliphatic carbocycles. The average Bonchev–Trinajstić information content (AvgIpc) is 2.52. The normalized spacial score (nSPS) is 13.6. The molecule has 0 atom stereocenters. The van der Waals surface area contributed by atoms with Gasteiger partial charge in [-0.05, 0) is 23.8 Å². The highest BCUT2D eigenvalue weighted by Crippen LogP contribution is 2.28. The molecule has 0 radical (unpaired) electrons. The molecule has 1 N–H and O–H groups in total. The number of fused-ring (bicyclic) bond motifs is 1. The molecule has 2 aromatic carbocycles. The maximum Gasteiger partial charge on any atom is 0.365 e. The Hall–Kier alpha value is -2.95. The Morgan fingerprint density at radius 2 is 1.81 bits per heavy atom. The standard InChI is InChI=1S/C16H11NO4/c17-14-15(18)12-8-11(6-7-13(12)21-16(14)19)20-9-10-4-2-1-3-5-10/h1-8,17H,9H2. The fourth-order valence-electron chi connectivity index (χ4n) is 1.98. The van der Waals surface area contributed by atoms with Gasteiger partial charge in [0.25, 0.3) is 0 Å². The Kier molecular flexibility index (Phi) is 3.23. The van der Waals surface area contributed by atoms with E-state index in [0.717, 1.165) is 5.56 Å². The first-order valence-electron chi connectivity index (χ1n) is 6.31. The zero-order valence-corrected chi connectivity index (χ0v) is 11.0. The molecule has 0 saturated carbocycles. The van der Waals surface area contributed by atoms with Gasteiger partial charge in [0.1, 0.15) is 18.1 Å². The maximum atomic E-state index is 11.9. The third kappa shape index (κ3) is 2.53. The van der Waals surface area contributed by atoms with Gasteiger partial charge in [-0.25, -0.2) is 4.79 Å². The van der Waals surface area contributed by atoms with Gasteiger partial charge in [0.15, 0.2) is 5.71 Å². The van der Waals surface area contributed by atoms with Gasteiger partial charge in [-0.15, -0.1) is 0 Å². The third-order valence-corrected chi connectivity index (χ3v) is 3.08. The summed E-state index contributed by atoms with van der Waals surface area (Å²) >= 11 is 0. The number of ketones is 1. The number of carbonyl (C=O) groups excluding carboxylic acids is 2. The minimum absolute atomic E-state index is 0.160. The van der Waals surface area contributed by atoms with Crippen molar-refractivity contribution in [2.45, 2.75) is 6.61 Å². The second kappa shape index (κ2) is 5.20. The zero-order chi connectivity index (χ0) is 14.8. The molecule has 0 aromatic heterocycles. The van der Waals surface area contributed by atoms with Crippen molar-refractivity contribution in [2.24, 2.45) is 0 Å². The van der Waals surface area contributed by atoms with Crippen molar-refractivity contribution in [3.63, 3.8) is 0 Å². The summed E-state index contributed by atoms with van der Waals surface area (Å²) in [4.78, 5) is 23.1. The molecule has 0 spiro atoms. The molecule has 104 valence electrons. The Labute approximate surface area is 120 Å². The van der Waals surface area contributed by atoms with Gasteiger partial charge in [0.2, 0.25) is 5.78 Å². The van der Waals surface area contributed by atoms with Gasteiger partial charge in [-0.3, -0.25) is 10.2 Å². The highest BCUT2D eigenvalue weighted by molar-refractivity contribution is 6.68. The van der Waals surface area contributed by atoms with Gasteiger partial charge < -0.3 is 9.47 Å². The van der Waals surface area contributed by atoms with Gasteiger partial charge in [0.05, 0.1) is 5.56 Å². The second-order valence-corrected chi connectivity index (χ2v) is 4.53. The summed E-state index contributed by atoms with van der Waals surface area (Å²) in [7, 11) is 0. The van der Waals surface area contributed by atoms with E-state index in [1.165, 1.54) is 12.1 Å². The topological polar surface area (TPSA) is 76.5 Å². The first-order valence-corrected chi connectivity index (χ1v) is 6.31. The van der Waals surface area contributed by atoms with Crippen LogP contribution in [0.5, 0.6) is 11.5 Å². The molecular weight excluding hydrogens is 270 g/mol. The summed E-state index contributed by atoms with van der Waals surface area (Å²) in [5.41, 5.74) is 0.508. The Balaban J connectivity index is 1.82. The molecule has 3 rings (SSSR count). The average molecular weight is 281 g/mol.